The summed E-state index contributed by atoms with van der Waals surface area (Å²) < 4.78 is 5.87. The molecular formula is C21H34O. The summed E-state index contributed by atoms with van der Waals surface area (Å²) in [6.07, 6.45) is 11.8. The van der Waals surface area contributed by atoms with Crippen molar-refractivity contribution in [1.29, 1.82) is 0 Å². The van der Waals surface area contributed by atoms with E-state index in [9.17, 15) is 0 Å². The molecule has 124 valence electrons. The zero-order valence-corrected chi connectivity index (χ0v) is 14.9. The molecule has 1 aliphatic carbocycles. The van der Waals surface area contributed by atoms with Gasteiger partial charge in [-0.15, -0.1) is 0 Å². The third-order valence-electron chi connectivity index (χ3n) is 5.60. The summed E-state index contributed by atoms with van der Waals surface area (Å²) in [5.41, 5.74) is 1.95. The van der Waals surface area contributed by atoms with Crippen molar-refractivity contribution in [3.8, 4) is 5.75 Å². The SMILES string of the molecule is CCCCCOc1ccc([C@]2(CCC)CCCC[C@@H]2C)cc1. The van der Waals surface area contributed by atoms with Crippen molar-refractivity contribution in [1.82, 2.24) is 0 Å². The number of hydrogen-bond acceptors (Lipinski definition) is 1. The lowest BCUT2D eigenvalue weighted by molar-refractivity contribution is 0.184. The van der Waals surface area contributed by atoms with Gasteiger partial charge in [-0.05, 0) is 54.7 Å². The molecule has 0 heterocycles. The van der Waals surface area contributed by atoms with Gasteiger partial charge in [0.25, 0.3) is 0 Å². The molecule has 2 atom stereocenters. The van der Waals surface area contributed by atoms with Gasteiger partial charge in [0, 0.05) is 0 Å². The number of rotatable bonds is 8. The van der Waals surface area contributed by atoms with Crippen LogP contribution in [0, 0.1) is 5.92 Å². The van der Waals surface area contributed by atoms with Crippen LogP contribution in [0.1, 0.15) is 84.1 Å². The molecular weight excluding hydrogens is 268 g/mol. The Bertz CT molecular complexity index is 418. The molecule has 0 aromatic heterocycles. The van der Waals surface area contributed by atoms with E-state index in [1.807, 2.05) is 0 Å². The van der Waals surface area contributed by atoms with Crippen LogP contribution < -0.4 is 4.74 Å². The lowest BCUT2D eigenvalue weighted by atomic mass is 9.61. The van der Waals surface area contributed by atoms with Gasteiger partial charge in [-0.3, -0.25) is 0 Å². The lowest BCUT2D eigenvalue weighted by Gasteiger charge is -2.43. The maximum atomic E-state index is 5.87. The Morgan fingerprint density at radius 3 is 2.45 bits per heavy atom. The highest BCUT2D eigenvalue weighted by Gasteiger charge is 2.38. The highest BCUT2D eigenvalue weighted by molar-refractivity contribution is 5.33. The molecule has 0 saturated heterocycles. The van der Waals surface area contributed by atoms with Crippen molar-refractivity contribution in [3.63, 3.8) is 0 Å². The third-order valence-corrected chi connectivity index (χ3v) is 5.60. The second-order valence-corrected chi connectivity index (χ2v) is 7.13. The van der Waals surface area contributed by atoms with Gasteiger partial charge in [-0.25, -0.2) is 0 Å². The molecule has 1 aromatic carbocycles. The molecule has 22 heavy (non-hydrogen) atoms. The number of hydrogen-bond donors (Lipinski definition) is 0. The number of ether oxygens (including phenoxy) is 1. The zero-order chi connectivity index (χ0) is 15.8. The predicted molar refractivity (Wildman–Crippen MR) is 95.7 cm³/mol. The highest BCUT2D eigenvalue weighted by atomic mass is 16.5. The largest absolute Gasteiger partial charge is 0.494 e. The summed E-state index contributed by atoms with van der Waals surface area (Å²) in [7, 11) is 0. The van der Waals surface area contributed by atoms with Crippen LogP contribution in [0.3, 0.4) is 0 Å². The van der Waals surface area contributed by atoms with Crippen molar-refractivity contribution in [2.24, 2.45) is 5.92 Å². The van der Waals surface area contributed by atoms with Crippen molar-refractivity contribution in [3.05, 3.63) is 29.8 Å². The van der Waals surface area contributed by atoms with Gasteiger partial charge in [0.2, 0.25) is 0 Å². The van der Waals surface area contributed by atoms with Gasteiger partial charge in [-0.2, -0.15) is 0 Å². The molecule has 0 unspecified atom stereocenters. The molecule has 1 fully saturated rings. The summed E-state index contributed by atoms with van der Waals surface area (Å²) in [6.45, 7) is 7.87. The second-order valence-electron chi connectivity index (χ2n) is 7.13. The molecule has 0 amide bonds. The van der Waals surface area contributed by atoms with Gasteiger partial charge in [0.15, 0.2) is 0 Å². The average Bonchev–Trinajstić information content (AvgIpc) is 2.55. The molecule has 1 nitrogen and oxygen atoms in total. The van der Waals surface area contributed by atoms with E-state index in [0.717, 1.165) is 24.7 Å². The van der Waals surface area contributed by atoms with Gasteiger partial charge in [0.1, 0.15) is 5.75 Å². The van der Waals surface area contributed by atoms with Crippen molar-refractivity contribution in [2.45, 2.75) is 84.0 Å². The van der Waals surface area contributed by atoms with E-state index in [2.05, 4.69) is 45.0 Å². The maximum Gasteiger partial charge on any atom is 0.119 e. The minimum absolute atomic E-state index is 0.410. The first-order valence-electron chi connectivity index (χ1n) is 9.46. The molecule has 0 aliphatic heterocycles. The third kappa shape index (κ3) is 4.06. The zero-order valence-electron chi connectivity index (χ0n) is 14.9. The highest BCUT2D eigenvalue weighted by Crippen LogP contribution is 2.47. The maximum absolute atomic E-state index is 5.87. The minimum atomic E-state index is 0.410. The fourth-order valence-corrected chi connectivity index (χ4v) is 4.23. The van der Waals surface area contributed by atoms with E-state index in [4.69, 9.17) is 4.74 Å². The summed E-state index contributed by atoms with van der Waals surface area (Å²) in [5, 5.41) is 0. The van der Waals surface area contributed by atoms with Crippen molar-refractivity contribution < 1.29 is 4.74 Å². The molecule has 0 N–H and O–H groups in total. The van der Waals surface area contributed by atoms with Gasteiger partial charge >= 0.3 is 0 Å². The van der Waals surface area contributed by atoms with E-state index < -0.39 is 0 Å². The Kier molecular flexibility index (Phi) is 6.79. The fraction of sp³-hybridized carbons (Fsp3) is 0.714. The standard InChI is InChI=1S/C21H34O/c1-4-6-9-17-22-20-13-11-19(12-14-20)21(15-5-2)16-8-7-10-18(21)3/h11-14,18H,4-10,15-17H2,1-3H3/t18-,21+/m0/s1. The Morgan fingerprint density at radius 2 is 1.82 bits per heavy atom. The van der Waals surface area contributed by atoms with Crippen LogP contribution in [0.2, 0.25) is 0 Å². The van der Waals surface area contributed by atoms with Crippen LogP contribution in [0.4, 0.5) is 0 Å². The van der Waals surface area contributed by atoms with Crippen LogP contribution >= 0.6 is 0 Å². The minimum Gasteiger partial charge on any atom is -0.494 e. The van der Waals surface area contributed by atoms with Crippen LogP contribution in [-0.4, -0.2) is 6.61 Å². The number of benzene rings is 1. The summed E-state index contributed by atoms with van der Waals surface area (Å²) in [5.74, 6) is 1.84. The van der Waals surface area contributed by atoms with E-state index in [0.29, 0.717) is 5.41 Å². The summed E-state index contributed by atoms with van der Waals surface area (Å²) in [4.78, 5) is 0. The predicted octanol–water partition coefficient (Wildman–Crippen LogP) is 6.50. The Labute approximate surface area is 137 Å². The second kappa shape index (κ2) is 8.60. The van der Waals surface area contributed by atoms with Gasteiger partial charge < -0.3 is 4.74 Å². The van der Waals surface area contributed by atoms with Crippen LogP contribution in [0.15, 0.2) is 24.3 Å². The average molecular weight is 303 g/mol. The normalized spacial score (nSPS) is 25.1. The lowest BCUT2D eigenvalue weighted by Crippen LogP contribution is -2.36. The fourth-order valence-electron chi connectivity index (χ4n) is 4.23. The quantitative estimate of drug-likeness (QED) is 0.498. The monoisotopic (exact) mass is 302 g/mol. The van der Waals surface area contributed by atoms with Crippen molar-refractivity contribution in [2.75, 3.05) is 6.61 Å². The van der Waals surface area contributed by atoms with Gasteiger partial charge in [-0.1, -0.05) is 65.0 Å². The topological polar surface area (TPSA) is 9.23 Å². The number of unbranched alkanes of at least 4 members (excludes halogenated alkanes) is 2. The van der Waals surface area contributed by atoms with E-state index in [-0.39, 0.29) is 0 Å². The first-order chi connectivity index (χ1) is 10.7. The van der Waals surface area contributed by atoms with Crippen LogP contribution in [0.5, 0.6) is 5.75 Å². The van der Waals surface area contributed by atoms with E-state index in [1.54, 1.807) is 5.56 Å². The molecule has 1 aromatic rings. The summed E-state index contributed by atoms with van der Waals surface area (Å²) in [6, 6.07) is 9.07. The molecule has 0 bridgehead atoms. The van der Waals surface area contributed by atoms with Crippen LogP contribution in [0.25, 0.3) is 0 Å². The van der Waals surface area contributed by atoms with Gasteiger partial charge in [0.05, 0.1) is 6.61 Å². The van der Waals surface area contributed by atoms with E-state index >= 15 is 0 Å². The Morgan fingerprint density at radius 1 is 1.05 bits per heavy atom. The first kappa shape index (κ1) is 17.4. The van der Waals surface area contributed by atoms with E-state index in [1.165, 1.54) is 51.4 Å². The molecule has 0 radical (unpaired) electrons. The Balaban J connectivity index is 2.06. The molecule has 1 aliphatic rings. The summed E-state index contributed by atoms with van der Waals surface area (Å²) >= 11 is 0. The molecule has 0 spiro atoms. The first-order valence-corrected chi connectivity index (χ1v) is 9.46. The van der Waals surface area contributed by atoms with Crippen molar-refractivity contribution >= 4 is 0 Å². The van der Waals surface area contributed by atoms with Crippen LogP contribution in [-0.2, 0) is 5.41 Å². The molecule has 2 rings (SSSR count). The Hall–Kier alpha value is -0.980. The molecule has 1 heteroatoms. The molecule has 1 saturated carbocycles. The smallest absolute Gasteiger partial charge is 0.119 e.